The normalized spacial score (nSPS) is 22.0. The van der Waals surface area contributed by atoms with Gasteiger partial charge in [-0.2, -0.15) is 0 Å². The molecule has 0 aliphatic heterocycles. The molecule has 21 heavy (non-hydrogen) atoms. The number of hydrogen-bond acceptors (Lipinski definition) is 4. The summed E-state index contributed by atoms with van der Waals surface area (Å²) in [5.41, 5.74) is 6.44. The van der Waals surface area contributed by atoms with Crippen LogP contribution in [0.15, 0.2) is 23.1 Å². The molecule has 2 unspecified atom stereocenters. The second kappa shape index (κ2) is 7.38. The van der Waals surface area contributed by atoms with Crippen molar-refractivity contribution in [1.29, 1.82) is 0 Å². The third-order valence-electron chi connectivity index (χ3n) is 3.87. The van der Waals surface area contributed by atoms with Gasteiger partial charge in [-0.3, -0.25) is 9.59 Å². The minimum Gasteiger partial charge on any atom is -0.383 e. The molecular formula is C15H23N3O3. The molecule has 1 aliphatic rings. The predicted octanol–water partition coefficient (Wildman–Crippen LogP) is 0.951. The lowest BCUT2D eigenvalue weighted by Crippen LogP contribution is -2.34. The zero-order valence-electron chi connectivity index (χ0n) is 12.4. The Kier molecular flexibility index (Phi) is 5.52. The van der Waals surface area contributed by atoms with E-state index in [-0.39, 0.29) is 23.4 Å². The highest BCUT2D eigenvalue weighted by Crippen LogP contribution is 2.24. The predicted molar refractivity (Wildman–Crippen MR) is 81.1 cm³/mol. The van der Waals surface area contributed by atoms with Crippen molar-refractivity contribution >= 4 is 11.6 Å². The third kappa shape index (κ3) is 4.41. The molecule has 0 saturated heterocycles. The van der Waals surface area contributed by atoms with Gasteiger partial charge in [0.25, 0.3) is 5.56 Å². The molecule has 2 rings (SSSR count). The number of rotatable bonds is 5. The van der Waals surface area contributed by atoms with Crippen LogP contribution in [0.5, 0.6) is 0 Å². The number of hydrogen-bond donors (Lipinski definition) is 2. The Balaban J connectivity index is 2.01. The van der Waals surface area contributed by atoms with Gasteiger partial charge < -0.3 is 20.4 Å². The van der Waals surface area contributed by atoms with Gasteiger partial charge in [0, 0.05) is 37.9 Å². The monoisotopic (exact) mass is 293 g/mol. The minimum absolute atomic E-state index is 0.0120. The molecule has 116 valence electrons. The van der Waals surface area contributed by atoms with Crippen LogP contribution in [0.2, 0.25) is 0 Å². The molecule has 0 spiro atoms. The van der Waals surface area contributed by atoms with E-state index in [1.165, 1.54) is 10.6 Å². The van der Waals surface area contributed by atoms with Gasteiger partial charge in [-0.25, -0.2) is 0 Å². The first-order chi connectivity index (χ1) is 10.1. The van der Waals surface area contributed by atoms with Gasteiger partial charge in [0.15, 0.2) is 0 Å². The van der Waals surface area contributed by atoms with Crippen LogP contribution >= 0.6 is 0 Å². The highest BCUT2D eigenvalue weighted by Gasteiger charge is 2.25. The standard InChI is InChI=1S/C15H23N3O3/c1-21-8-7-18-10-13(5-6-14(18)19)17-15(20)11-3-2-4-12(16)9-11/h5-6,10-12H,2-4,7-9,16H2,1H3,(H,17,20). The second-order valence-corrected chi connectivity index (χ2v) is 5.56. The van der Waals surface area contributed by atoms with E-state index in [4.69, 9.17) is 10.5 Å². The van der Waals surface area contributed by atoms with Crippen molar-refractivity contribution in [2.75, 3.05) is 19.0 Å². The van der Waals surface area contributed by atoms with E-state index < -0.39 is 0 Å². The first-order valence-corrected chi connectivity index (χ1v) is 7.36. The fourth-order valence-electron chi connectivity index (χ4n) is 2.68. The minimum atomic E-state index is -0.107. The highest BCUT2D eigenvalue weighted by molar-refractivity contribution is 5.92. The molecule has 3 N–H and O–H groups in total. The number of nitrogens with zero attached hydrogens (tertiary/aromatic N) is 1. The van der Waals surface area contributed by atoms with Crippen LogP contribution < -0.4 is 16.6 Å². The van der Waals surface area contributed by atoms with Gasteiger partial charge in [-0.15, -0.1) is 0 Å². The summed E-state index contributed by atoms with van der Waals surface area (Å²) in [6.45, 7) is 0.919. The van der Waals surface area contributed by atoms with E-state index in [2.05, 4.69) is 5.32 Å². The van der Waals surface area contributed by atoms with Crippen LogP contribution in [0.25, 0.3) is 0 Å². The van der Waals surface area contributed by atoms with E-state index >= 15 is 0 Å². The fourth-order valence-corrected chi connectivity index (χ4v) is 2.68. The first kappa shape index (κ1) is 15.7. The average Bonchev–Trinajstić information content (AvgIpc) is 2.47. The number of amides is 1. The van der Waals surface area contributed by atoms with Crippen molar-refractivity contribution in [2.24, 2.45) is 11.7 Å². The molecule has 1 saturated carbocycles. The largest absolute Gasteiger partial charge is 0.383 e. The fraction of sp³-hybridized carbons (Fsp3) is 0.600. The summed E-state index contributed by atoms with van der Waals surface area (Å²) in [4.78, 5) is 23.9. The number of methoxy groups -OCH3 is 1. The van der Waals surface area contributed by atoms with Crippen molar-refractivity contribution in [3.05, 3.63) is 28.7 Å². The number of aromatic nitrogens is 1. The summed E-state index contributed by atoms with van der Waals surface area (Å²) in [6, 6.07) is 3.20. The third-order valence-corrected chi connectivity index (χ3v) is 3.87. The van der Waals surface area contributed by atoms with Crippen LogP contribution in [-0.4, -0.2) is 30.2 Å². The highest BCUT2D eigenvalue weighted by atomic mass is 16.5. The smallest absolute Gasteiger partial charge is 0.250 e. The molecule has 6 heteroatoms. The van der Waals surface area contributed by atoms with E-state index in [1.807, 2.05) is 0 Å². The van der Waals surface area contributed by atoms with Crippen LogP contribution in [0, 0.1) is 5.92 Å². The van der Waals surface area contributed by atoms with E-state index in [0.29, 0.717) is 18.8 Å². The molecule has 1 amide bonds. The lowest BCUT2D eigenvalue weighted by molar-refractivity contribution is -0.120. The maximum atomic E-state index is 12.2. The van der Waals surface area contributed by atoms with Crippen molar-refractivity contribution < 1.29 is 9.53 Å². The zero-order chi connectivity index (χ0) is 15.2. The summed E-state index contributed by atoms with van der Waals surface area (Å²) in [6.07, 6.45) is 5.25. The Labute approximate surface area is 124 Å². The SMILES string of the molecule is COCCn1cc(NC(=O)C2CCCC(N)C2)ccc1=O. The van der Waals surface area contributed by atoms with Crippen molar-refractivity contribution in [3.8, 4) is 0 Å². The molecule has 0 bridgehead atoms. The van der Waals surface area contributed by atoms with Gasteiger partial charge in [0.1, 0.15) is 0 Å². The molecule has 1 aromatic rings. The number of ether oxygens (including phenoxy) is 1. The van der Waals surface area contributed by atoms with Crippen LogP contribution in [-0.2, 0) is 16.1 Å². The number of pyridine rings is 1. The molecule has 1 aliphatic carbocycles. The summed E-state index contributed by atoms with van der Waals surface area (Å²) in [7, 11) is 1.59. The summed E-state index contributed by atoms with van der Waals surface area (Å²) < 4.78 is 6.50. The Morgan fingerprint density at radius 1 is 1.48 bits per heavy atom. The van der Waals surface area contributed by atoms with Gasteiger partial charge in [0.2, 0.25) is 5.91 Å². The quantitative estimate of drug-likeness (QED) is 0.846. The van der Waals surface area contributed by atoms with E-state index in [0.717, 1.165) is 25.7 Å². The molecule has 1 aromatic heterocycles. The maximum absolute atomic E-state index is 12.2. The molecule has 1 fully saturated rings. The molecule has 2 atom stereocenters. The van der Waals surface area contributed by atoms with Gasteiger partial charge in [0.05, 0.1) is 12.3 Å². The number of carbonyl (C=O) groups is 1. The van der Waals surface area contributed by atoms with E-state index in [1.54, 1.807) is 19.4 Å². The Morgan fingerprint density at radius 2 is 2.29 bits per heavy atom. The maximum Gasteiger partial charge on any atom is 0.250 e. The van der Waals surface area contributed by atoms with Crippen LogP contribution in [0.1, 0.15) is 25.7 Å². The molecular weight excluding hydrogens is 270 g/mol. The number of nitrogens with one attached hydrogen (secondary N) is 1. The topological polar surface area (TPSA) is 86.3 Å². The summed E-state index contributed by atoms with van der Waals surface area (Å²) in [5, 5.41) is 2.88. The summed E-state index contributed by atoms with van der Waals surface area (Å²) in [5.74, 6) is -0.0461. The molecule has 0 radical (unpaired) electrons. The lowest BCUT2D eigenvalue weighted by atomic mass is 9.85. The van der Waals surface area contributed by atoms with E-state index in [9.17, 15) is 9.59 Å². The Morgan fingerprint density at radius 3 is 3.00 bits per heavy atom. The average molecular weight is 293 g/mol. The zero-order valence-corrected chi connectivity index (χ0v) is 12.4. The second-order valence-electron chi connectivity index (χ2n) is 5.56. The van der Waals surface area contributed by atoms with Gasteiger partial charge in [-0.1, -0.05) is 6.42 Å². The van der Waals surface area contributed by atoms with Gasteiger partial charge in [-0.05, 0) is 25.3 Å². The van der Waals surface area contributed by atoms with Crippen molar-refractivity contribution in [1.82, 2.24) is 4.57 Å². The van der Waals surface area contributed by atoms with Crippen LogP contribution in [0.3, 0.4) is 0 Å². The molecule has 6 nitrogen and oxygen atoms in total. The van der Waals surface area contributed by atoms with Crippen molar-refractivity contribution in [2.45, 2.75) is 38.3 Å². The molecule has 1 heterocycles. The summed E-state index contributed by atoms with van der Waals surface area (Å²) >= 11 is 0. The lowest BCUT2D eigenvalue weighted by Gasteiger charge is -2.25. The van der Waals surface area contributed by atoms with Crippen molar-refractivity contribution in [3.63, 3.8) is 0 Å². The first-order valence-electron chi connectivity index (χ1n) is 7.36. The van der Waals surface area contributed by atoms with Crippen LogP contribution in [0.4, 0.5) is 5.69 Å². The molecule has 0 aromatic carbocycles. The Hall–Kier alpha value is -1.66. The number of carbonyl (C=O) groups excluding carboxylic acids is 1. The Bertz CT molecular complexity index is 541. The number of nitrogens with two attached hydrogens (primary N) is 1. The number of anilines is 1. The van der Waals surface area contributed by atoms with Gasteiger partial charge >= 0.3 is 0 Å².